The number of nitrogens with two attached hydrogens (primary N) is 1. The summed E-state index contributed by atoms with van der Waals surface area (Å²) in [5, 5.41) is 2.67. The van der Waals surface area contributed by atoms with Crippen molar-refractivity contribution in [1.82, 2.24) is 5.32 Å². The predicted octanol–water partition coefficient (Wildman–Crippen LogP) is 1.06. The summed E-state index contributed by atoms with van der Waals surface area (Å²) in [5.41, 5.74) is 5.49. The number of amides is 1. The largest absolute Gasteiger partial charge is 0.493 e. The van der Waals surface area contributed by atoms with Crippen molar-refractivity contribution < 1.29 is 13.9 Å². The number of benzene rings is 1. The molecule has 5 heteroatoms. The van der Waals surface area contributed by atoms with Crippen molar-refractivity contribution in [1.29, 1.82) is 0 Å². The van der Waals surface area contributed by atoms with Gasteiger partial charge in [-0.1, -0.05) is 0 Å². The van der Waals surface area contributed by atoms with Crippen molar-refractivity contribution >= 4 is 5.91 Å². The van der Waals surface area contributed by atoms with E-state index < -0.39 is 0 Å². The van der Waals surface area contributed by atoms with Gasteiger partial charge in [0.15, 0.2) is 0 Å². The molecule has 17 heavy (non-hydrogen) atoms. The van der Waals surface area contributed by atoms with Crippen LogP contribution >= 0.6 is 0 Å². The van der Waals surface area contributed by atoms with Crippen LogP contribution < -0.4 is 15.8 Å². The van der Waals surface area contributed by atoms with Crippen molar-refractivity contribution in [2.24, 2.45) is 5.73 Å². The molecule has 0 aliphatic carbocycles. The molecule has 0 heterocycles. The lowest BCUT2D eigenvalue weighted by Gasteiger charge is -2.08. The van der Waals surface area contributed by atoms with E-state index in [1.54, 1.807) is 0 Å². The van der Waals surface area contributed by atoms with E-state index in [9.17, 15) is 9.18 Å². The van der Waals surface area contributed by atoms with Crippen LogP contribution in [0.1, 0.15) is 13.3 Å². The lowest BCUT2D eigenvalue weighted by molar-refractivity contribution is -0.121. The lowest BCUT2D eigenvalue weighted by atomic mass is 10.3. The second-order valence-corrected chi connectivity index (χ2v) is 3.83. The zero-order valence-electron chi connectivity index (χ0n) is 9.78. The van der Waals surface area contributed by atoms with Gasteiger partial charge in [0, 0.05) is 12.6 Å². The Kier molecular flexibility index (Phi) is 5.42. The Morgan fingerprint density at radius 2 is 2.12 bits per heavy atom. The average molecular weight is 240 g/mol. The maximum Gasteiger partial charge on any atom is 0.223 e. The zero-order chi connectivity index (χ0) is 12.7. The highest BCUT2D eigenvalue weighted by molar-refractivity contribution is 5.76. The highest BCUT2D eigenvalue weighted by atomic mass is 19.1. The molecule has 0 aliphatic rings. The number of ether oxygens (including phenoxy) is 1. The minimum absolute atomic E-state index is 0.0584. The van der Waals surface area contributed by atoms with Crippen LogP contribution in [-0.4, -0.2) is 25.1 Å². The Balaban J connectivity index is 2.19. The van der Waals surface area contributed by atoms with Gasteiger partial charge in [0.2, 0.25) is 5.91 Å². The number of halogens is 1. The molecule has 3 N–H and O–H groups in total. The Bertz CT molecular complexity index is 352. The molecule has 1 aromatic rings. The first-order valence-electron chi connectivity index (χ1n) is 5.48. The van der Waals surface area contributed by atoms with Crippen LogP contribution in [0.15, 0.2) is 24.3 Å². The second kappa shape index (κ2) is 6.85. The molecular weight excluding hydrogens is 223 g/mol. The summed E-state index contributed by atoms with van der Waals surface area (Å²) in [5.74, 6) is 0.128. The highest BCUT2D eigenvalue weighted by Gasteiger charge is 2.02. The molecule has 1 rings (SSSR count). The predicted molar refractivity (Wildman–Crippen MR) is 63.2 cm³/mol. The van der Waals surface area contributed by atoms with Gasteiger partial charge in [-0.2, -0.15) is 0 Å². The van der Waals surface area contributed by atoms with E-state index in [1.807, 2.05) is 6.92 Å². The third-order valence-corrected chi connectivity index (χ3v) is 2.03. The topological polar surface area (TPSA) is 64.3 Å². The van der Waals surface area contributed by atoms with Gasteiger partial charge in [0.1, 0.15) is 11.6 Å². The first kappa shape index (κ1) is 13.4. The Morgan fingerprint density at radius 3 is 2.71 bits per heavy atom. The molecule has 0 spiro atoms. The van der Waals surface area contributed by atoms with Crippen molar-refractivity contribution in [2.75, 3.05) is 13.2 Å². The van der Waals surface area contributed by atoms with E-state index in [-0.39, 0.29) is 30.8 Å². The molecule has 0 radical (unpaired) electrons. The number of carbonyl (C=O) groups is 1. The van der Waals surface area contributed by atoms with Gasteiger partial charge >= 0.3 is 0 Å². The molecule has 0 bridgehead atoms. The molecule has 0 fully saturated rings. The summed E-state index contributed by atoms with van der Waals surface area (Å²) in [4.78, 5) is 11.3. The van der Waals surface area contributed by atoms with Crippen LogP contribution in [-0.2, 0) is 4.79 Å². The summed E-state index contributed by atoms with van der Waals surface area (Å²) < 4.78 is 17.9. The monoisotopic (exact) mass is 240 g/mol. The van der Waals surface area contributed by atoms with E-state index in [1.165, 1.54) is 24.3 Å². The Hall–Kier alpha value is -1.62. The van der Waals surface area contributed by atoms with Gasteiger partial charge in [-0.3, -0.25) is 4.79 Å². The van der Waals surface area contributed by atoms with Gasteiger partial charge in [0.25, 0.3) is 0 Å². The molecule has 0 aliphatic heterocycles. The summed E-state index contributed by atoms with van der Waals surface area (Å²) in [7, 11) is 0. The van der Waals surface area contributed by atoms with Crippen LogP contribution in [0.4, 0.5) is 4.39 Å². The van der Waals surface area contributed by atoms with E-state index in [0.29, 0.717) is 12.3 Å². The van der Waals surface area contributed by atoms with Crippen molar-refractivity contribution in [2.45, 2.75) is 19.4 Å². The second-order valence-electron chi connectivity index (χ2n) is 3.83. The van der Waals surface area contributed by atoms with Crippen molar-refractivity contribution in [3.63, 3.8) is 0 Å². The molecule has 0 aromatic heterocycles. The molecule has 0 saturated heterocycles. The van der Waals surface area contributed by atoms with Crippen LogP contribution in [0, 0.1) is 5.82 Å². The number of rotatable bonds is 6. The quantitative estimate of drug-likeness (QED) is 0.781. The summed E-state index contributed by atoms with van der Waals surface area (Å²) in [6, 6.07) is 5.61. The third-order valence-electron chi connectivity index (χ3n) is 2.03. The van der Waals surface area contributed by atoms with E-state index in [2.05, 4.69) is 5.32 Å². The molecule has 94 valence electrons. The van der Waals surface area contributed by atoms with Crippen molar-refractivity contribution in [3.05, 3.63) is 30.1 Å². The van der Waals surface area contributed by atoms with Gasteiger partial charge in [-0.15, -0.1) is 0 Å². The van der Waals surface area contributed by atoms with Gasteiger partial charge in [0.05, 0.1) is 13.0 Å². The third kappa shape index (κ3) is 5.87. The van der Waals surface area contributed by atoms with Gasteiger partial charge in [-0.25, -0.2) is 4.39 Å². The maximum atomic E-state index is 12.6. The van der Waals surface area contributed by atoms with Crippen LogP contribution in [0.5, 0.6) is 5.75 Å². The van der Waals surface area contributed by atoms with Crippen molar-refractivity contribution in [3.8, 4) is 5.75 Å². The average Bonchev–Trinajstić information content (AvgIpc) is 2.29. The fourth-order valence-corrected chi connectivity index (χ4v) is 1.16. The normalized spacial score (nSPS) is 11.9. The first-order chi connectivity index (χ1) is 8.08. The van der Waals surface area contributed by atoms with Crippen LogP contribution in [0.2, 0.25) is 0 Å². The first-order valence-corrected chi connectivity index (χ1v) is 5.48. The highest BCUT2D eigenvalue weighted by Crippen LogP contribution is 2.10. The zero-order valence-corrected chi connectivity index (χ0v) is 9.78. The Labute approximate surface area is 100.0 Å². The smallest absolute Gasteiger partial charge is 0.223 e. The number of carbonyl (C=O) groups excluding carboxylic acids is 1. The molecule has 1 atom stereocenters. The molecular formula is C12H17FN2O2. The van der Waals surface area contributed by atoms with Crippen LogP contribution in [0.3, 0.4) is 0 Å². The number of nitrogens with one attached hydrogen (secondary N) is 1. The van der Waals surface area contributed by atoms with E-state index in [4.69, 9.17) is 10.5 Å². The van der Waals surface area contributed by atoms with Gasteiger partial charge in [-0.05, 0) is 31.2 Å². The molecule has 4 nitrogen and oxygen atoms in total. The number of hydrogen-bond acceptors (Lipinski definition) is 3. The fraction of sp³-hybridized carbons (Fsp3) is 0.417. The molecule has 1 aromatic carbocycles. The summed E-state index contributed by atoms with van der Waals surface area (Å²) in [6.07, 6.45) is 0.254. The Morgan fingerprint density at radius 1 is 1.47 bits per heavy atom. The maximum absolute atomic E-state index is 12.6. The molecule has 1 amide bonds. The molecule has 0 saturated carbocycles. The minimum Gasteiger partial charge on any atom is -0.493 e. The van der Waals surface area contributed by atoms with E-state index >= 15 is 0 Å². The molecule has 1 unspecified atom stereocenters. The minimum atomic E-state index is -0.313. The summed E-state index contributed by atoms with van der Waals surface area (Å²) >= 11 is 0. The standard InChI is InChI=1S/C12H17FN2O2/c1-9(14)8-15-12(16)6-7-17-11-4-2-10(13)3-5-11/h2-5,9H,6-8,14H2,1H3,(H,15,16). The lowest BCUT2D eigenvalue weighted by Crippen LogP contribution is -2.35. The SMILES string of the molecule is CC(N)CNC(=O)CCOc1ccc(F)cc1. The van der Waals surface area contributed by atoms with Crippen LogP contribution in [0.25, 0.3) is 0 Å². The fourth-order valence-electron chi connectivity index (χ4n) is 1.16. The van der Waals surface area contributed by atoms with Gasteiger partial charge < -0.3 is 15.8 Å². The van der Waals surface area contributed by atoms with E-state index in [0.717, 1.165) is 0 Å². The number of hydrogen-bond donors (Lipinski definition) is 2. The summed E-state index contributed by atoms with van der Waals surface area (Å²) in [6.45, 7) is 2.53.